The van der Waals surface area contributed by atoms with E-state index in [2.05, 4.69) is 15.0 Å². The zero-order valence-corrected chi connectivity index (χ0v) is 12.3. The molecule has 1 aromatic carbocycles. The van der Waals surface area contributed by atoms with Gasteiger partial charge in [0, 0.05) is 13.0 Å². The van der Waals surface area contributed by atoms with E-state index in [0.717, 1.165) is 11.3 Å². The SMILES string of the molecule is CC(=O)Nc1nc2ccc(OC(F)(F)F)cc2s1.Cl.Cl. The highest BCUT2D eigenvalue weighted by molar-refractivity contribution is 7.22. The second-order valence-electron chi connectivity index (χ2n) is 3.38. The first kappa shape index (κ1) is 18.8. The van der Waals surface area contributed by atoms with E-state index in [0.29, 0.717) is 15.3 Å². The first-order valence-corrected chi connectivity index (χ1v) is 5.59. The molecule has 10 heteroatoms. The highest BCUT2D eigenvalue weighted by Gasteiger charge is 2.31. The van der Waals surface area contributed by atoms with Crippen LogP contribution in [0.3, 0.4) is 0 Å². The Morgan fingerprint density at radius 3 is 2.55 bits per heavy atom. The van der Waals surface area contributed by atoms with Crippen molar-refractivity contribution < 1.29 is 22.7 Å². The summed E-state index contributed by atoms with van der Waals surface area (Å²) in [5.74, 6) is -0.603. The van der Waals surface area contributed by atoms with Crippen LogP contribution < -0.4 is 10.1 Å². The van der Waals surface area contributed by atoms with E-state index in [4.69, 9.17) is 0 Å². The van der Waals surface area contributed by atoms with E-state index in [1.807, 2.05) is 0 Å². The first-order valence-electron chi connectivity index (χ1n) is 4.77. The molecule has 112 valence electrons. The number of hydrogen-bond acceptors (Lipinski definition) is 4. The maximum absolute atomic E-state index is 12.0. The van der Waals surface area contributed by atoms with Crippen molar-refractivity contribution in [1.82, 2.24) is 4.98 Å². The highest BCUT2D eigenvalue weighted by Crippen LogP contribution is 2.31. The quantitative estimate of drug-likeness (QED) is 0.892. The molecule has 1 amide bonds. The Kier molecular flexibility index (Phi) is 6.52. The molecule has 0 aliphatic carbocycles. The van der Waals surface area contributed by atoms with Crippen molar-refractivity contribution in [2.45, 2.75) is 13.3 Å². The van der Waals surface area contributed by atoms with Gasteiger partial charge >= 0.3 is 6.36 Å². The molecule has 0 radical (unpaired) electrons. The predicted octanol–water partition coefficient (Wildman–Crippen LogP) is 4.00. The van der Waals surface area contributed by atoms with E-state index in [-0.39, 0.29) is 36.5 Å². The van der Waals surface area contributed by atoms with E-state index >= 15 is 0 Å². The molecule has 4 nitrogen and oxygen atoms in total. The summed E-state index contributed by atoms with van der Waals surface area (Å²) in [5, 5.41) is 2.80. The third-order valence-electron chi connectivity index (χ3n) is 1.88. The van der Waals surface area contributed by atoms with Crippen molar-refractivity contribution in [1.29, 1.82) is 0 Å². The number of thiazole rings is 1. The predicted molar refractivity (Wildman–Crippen MR) is 75.1 cm³/mol. The molecule has 0 bridgehead atoms. The average molecular weight is 349 g/mol. The van der Waals surface area contributed by atoms with Gasteiger partial charge in [-0.25, -0.2) is 4.98 Å². The molecule has 0 fully saturated rings. The summed E-state index contributed by atoms with van der Waals surface area (Å²) >= 11 is 1.08. The third-order valence-corrected chi connectivity index (χ3v) is 2.81. The highest BCUT2D eigenvalue weighted by atomic mass is 35.5. The number of nitrogens with zero attached hydrogens (tertiary/aromatic N) is 1. The molecule has 0 unspecified atom stereocenters. The van der Waals surface area contributed by atoms with Crippen LogP contribution >= 0.6 is 36.2 Å². The number of nitrogens with one attached hydrogen (secondary N) is 1. The van der Waals surface area contributed by atoms with Crippen LogP contribution in [0.4, 0.5) is 18.3 Å². The number of rotatable bonds is 2. The molecule has 0 aliphatic rings. The molecule has 1 N–H and O–H groups in total. The second-order valence-corrected chi connectivity index (χ2v) is 4.41. The molecule has 0 saturated heterocycles. The summed E-state index contributed by atoms with van der Waals surface area (Å²) < 4.78 is 40.4. The lowest BCUT2D eigenvalue weighted by atomic mass is 10.3. The fraction of sp³-hybridized carbons (Fsp3) is 0.200. The lowest BCUT2D eigenvalue weighted by molar-refractivity contribution is -0.274. The van der Waals surface area contributed by atoms with Gasteiger partial charge in [-0.15, -0.1) is 38.0 Å². The zero-order chi connectivity index (χ0) is 13.3. The number of fused-ring (bicyclic) bond motifs is 1. The normalized spacial score (nSPS) is 10.4. The van der Waals surface area contributed by atoms with Crippen LogP contribution in [-0.2, 0) is 4.79 Å². The molecule has 0 spiro atoms. The summed E-state index contributed by atoms with van der Waals surface area (Å²) in [6.07, 6.45) is -4.72. The first-order chi connectivity index (χ1) is 8.33. The van der Waals surface area contributed by atoms with Crippen LogP contribution in [0.25, 0.3) is 10.2 Å². The van der Waals surface area contributed by atoms with Gasteiger partial charge < -0.3 is 10.1 Å². The van der Waals surface area contributed by atoms with Crippen molar-refractivity contribution in [3.8, 4) is 5.75 Å². The Balaban J connectivity index is 0.00000180. The van der Waals surface area contributed by atoms with E-state index in [1.165, 1.54) is 25.1 Å². The van der Waals surface area contributed by atoms with E-state index in [9.17, 15) is 18.0 Å². The van der Waals surface area contributed by atoms with Crippen molar-refractivity contribution in [2.75, 3.05) is 5.32 Å². The van der Waals surface area contributed by atoms with Crippen LogP contribution in [0.2, 0.25) is 0 Å². The topological polar surface area (TPSA) is 51.2 Å². The summed E-state index contributed by atoms with van der Waals surface area (Å²) in [5.41, 5.74) is 0.498. The standard InChI is InChI=1S/C10H7F3N2O2S.2ClH/c1-5(16)14-9-15-7-3-2-6(4-8(7)18-9)17-10(11,12)13;;/h2-4H,1H3,(H,14,15,16);2*1H. The van der Waals surface area contributed by atoms with Gasteiger partial charge in [-0.2, -0.15) is 0 Å². The number of ether oxygens (including phenoxy) is 1. The van der Waals surface area contributed by atoms with Crippen molar-refractivity contribution in [2.24, 2.45) is 0 Å². The van der Waals surface area contributed by atoms with Gasteiger partial charge in [0.05, 0.1) is 10.2 Å². The van der Waals surface area contributed by atoms with Gasteiger partial charge in [-0.3, -0.25) is 4.79 Å². The molecule has 0 saturated carbocycles. The third kappa shape index (κ3) is 5.03. The number of anilines is 1. The number of carbonyl (C=O) groups excluding carboxylic acids is 1. The molecule has 1 aromatic heterocycles. The average Bonchev–Trinajstić information content (AvgIpc) is 2.55. The molecular formula is C10H9Cl2F3N2O2S. The van der Waals surface area contributed by atoms with Crippen LogP contribution in [0, 0.1) is 0 Å². The summed E-state index contributed by atoms with van der Waals surface area (Å²) in [7, 11) is 0. The largest absolute Gasteiger partial charge is 0.573 e. The smallest absolute Gasteiger partial charge is 0.406 e. The minimum Gasteiger partial charge on any atom is -0.406 e. The van der Waals surface area contributed by atoms with Crippen LogP contribution in [-0.4, -0.2) is 17.3 Å². The summed E-state index contributed by atoms with van der Waals surface area (Å²) in [4.78, 5) is 14.9. The maximum Gasteiger partial charge on any atom is 0.573 e. The number of hydrogen-bond donors (Lipinski definition) is 1. The Labute approximate surface area is 128 Å². The molecule has 1 heterocycles. The van der Waals surface area contributed by atoms with Crippen molar-refractivity contribution >= 4 is 57.4 Å². The number of carbonyl (C=O) groups is 1. The van der Waals surface area contributed by atoms with Gasteiger partial charge in [0.2, 0.25) is 5.91 Å². The lowest BCUT2D eigenvalue weighted by Crippen LogP contribution is -2.16. The zero-order valence-electron chi connectivity index (χ0n) is 9.85. The number of amides is 1. The number of aromatic nitrogens is 1. The molecular weight excluding hydrogens is 340 g/mol. The molecule has 0 atom stereocenters. The Bertz CT molecular complexity index is 604. The Hall–Kier alpha value is -1.25. The summed E-state index contributed by atoms with van der Waals surface area (Å²) in [6, 6.07) is 3.80. The summed E-state index contributed by atoms with van der Waals surface area (Å²) in [6.45, 7) is 1.32. The van der Waals surface area contributed by atoms with Crippen LogP contribution in [0.1, 0.15) is 6.92 Å². The minimum atomic E-state index is -4.72. The van der Waals surface area contributed by atoms with E-state index < -0.39 is 6.36 Å². The monoisotopic (exact) mass is 348 g/mol. The van der Waals surface area contributed by atoms with Gasteiger partial charge in [0.15, 0.2) is 5.13 Å². The molecule has 2 rings (SSSR count). The van der Waals surface area contributed by atoms with Crippen molar-refractivity contribution in [3.05, 3.63) is 18.2 Å². The molecule has 20 heavy (non-hydrogen) atoms. The van der Waals surface area contributed by atoms with Gasteiger partial charge in [-0.05, 0) is 12.1 Å². The Morgan fingerprint density at radius 2 is 2.00 bits per heavy atom. The van der Waals surface area contributed by atoms with Crippen LogP contribution in [0.5, 0.6) is 5.75 Å². The Morgan fingerprint density at radius 1 is 1.35 bits per heavy atom. The fourth-order valence-corrected chi connectivity index (χ4v) is 2.25. The van der Waals surface area contributed by atoms with Gasteiger partial charge in [-0.1, -0.05) is 11.3 Å². The number of benzene rings is 1. The van der Waals surface area contributed by atoms with Gasteiger partial charge in [0.1, 0.15) is 5.75 Å². The number of halogens is 5. The molecule has 0 aliphatic heterocycles. The molecule has 2 aromatic rings. The fourth-order valence-electron chi connectivity index (χ4n) is 1.31. The van der Waals surface area contributed by atoms with Crippen LogP contribution in [0.15, 0.2) is 18.2 Å². The van der Waals surface area contributed by atoms with Gasteiger partial charge in [0.25, 0.3) is 0 Å². The van der Waals surface area contributed by atoms with Crippen molar-refractivity contribution in [3.63, 3.8) is 0 Å². The second kappa shape index (κ2) is 6.96. The van der Waals surface area contributed by atoms with E-state index in [1.54, 1.807) is 0 Å². The maximum atomic E-state index is 12.0. The number of alkyl halides is 3. The minimum absolute atomic E-state index is 0. The lowest BCUT2D eigenvalue weighted by Gasteiger charge is -2.07.